The van der Waals surface area contributed by atoms with Crippen molar-refractivity contribution < 1.29 is 0 Å². The van der Waals surface area contributed by atoms with Crippen molar-refractivity contribution in [1.29, 1.82) is 0 Å². The maximum absolute atomic E-state index is 11.0. The first-order valence-corrected chi connectivity index (χ1v) is 6.33. The van der Waals surface area contributed by atoms with E-state index in [1.165, 1.54) is 22.8 Å². The second kappa shape index (κ2) is 4.96. The van der Waals surface area contributed by atoms with Gasteiger partial charge in [-0.15, -0.1) is 0 Å². The van der Waals surface area contributed by atoms with E-state index in [1.54, 1.807) is 45.3 Å². The van der Waals surface area contributed by atoms with E-state index < -0.39 is 11.4 Å². The minimum atomic E-state index is -0.623. The van der Waals surface area contributed by atoms with Gasteiger partial charge in [-0.1, -0.05) is 19.3 Å². The van der Waals surface area contributed by atoms with E-state index in [9.17, 15) is 9.59 Å². The van der Waals surface area contributed by atoms with Crippen LogP contribution >= 0.6 is 0 Å². The first-order chi connectivity index (χ1) is 8.49. The number of nitrogens with zero attached hydrogens (tertiary/aromatic N) is 3. The minimum absolute atomic E-state index is 0.337. The number of hydrogen-bond acceptors (Lipinski definition) is 4. The van der Waals surface area contributed by atoms with Gasteiger partial charge in [0.05, 0.1) is 0 Å². The molecule has 18 heavy (non-hydrogen) atoms. The van der Waals surface area contributed by atoms with Crippen LogP contribution in [0.5, 0.6) is 0 Å². The molecule has 2 aliphatic carbocycles. The summed E-state index contributed by atoms with van der Waals surface area (Å²) >= 11 is 0. The van der Waals surface area contributed by atoms with Gasteiger partial charge in [0, 0.05) is 21.1 Å². The van der Waals surface area contributed by atoms with Gasteiger partial charge < -0.3 is 4.90 Å². The fourth-order valence-corrected chi connectivity index (χ4v) is 2.52. The Hall–Kier alpha value is -1.59. The van der Waals surface area contributed by atoms with E-state index >= 15 is 0 Å². The van der Waals surface area contributed by atoms with E-state index in [0.29, 0.717) is 5.95 Å². The van der Waals surface area contributed by atoms with E-state index in [1.807, 2.05) is 4.98 Å². The van der Waals surface area contributed by atoms with Gasteiger partial charge >= 0.3 is 11.4 Å². The lowest BCUT2D eigenvalue weighted by Crippen LogP contribution is -2.34. The van der Waals surface area contributed by atoms with Crippen molar-refractivity contribution in [2.75, 3.05) is 19.0 Å². The van der Waals surface area contributed by atoms with Crippen LogP contribution in [-0.4, -0.2) is 28.6 Å². The number of nitrogens with one attached hydrogen (secondary N) is 1. The average molecular weight is 252 g/mol. The van der Waals surface area contributed by atoms with Crippen molar-refractivity contribution in [3.05, 3.63) is 21.0 Å². The molecule has 0 bridgehead atoms. The maximum Gasteiger partial charge on any atom is 0.352 e. The fraction of sp³-hybridized carbons (Fsp3) is 0.750. The largest absolute Gasteiger partial charge is 0.352 e. The van der Waals surface area contributed by atoms with Gasteiger partial charge in [0.25, 0.3) is 0 Å². The molecule has 3 rings (SSSR count). The molecule has 2 saturated carbocycles. The van der Waals surface area contributed by atoms with Crippen LogP contribution < -0.4 is 16.3 Å². The second-order valence-corrected chi connectivity index (χ2v) is 5.29. The lowest BCUT2D eigenvalue weighted by molar-refractivity contribution is 0.734. The van der Waals surface area contributed by atoms with Crippen molar-refractivity contribution in [2.45, 2.75) is 25.7 Å². The smallest absolute Gasteiger partial charge is 0.348 e. The maximum atomic E-state index is 11.0. The Balaban J connectivity index is 0.000000164. The highest BCUT2D eigenvalue weighted by Crippen LogP contribution is 2.51. The monoisotopic (exact) mass is 252 g/mol. The number of aromatic nitrogens is 3. The zero-order chi connectivity index (χ0) is 13.3. The van der Waals surface area contributed by atoms with E-state index in [-0.39, 0.29) is 0 Å². The van der Waals surface area contributed by atoms with E-state index in [2.05, 4.69) is 4.98 Å². The Kier molecular flexibility index (Phi) is 3.54. The number of aromatic amines is 1. The van der Waals surface area contributed by atoms with Crippen molar-refractivity contribution >= 4 is 5.95 Å². The van der Waals surface area contributed by atoms with Crippen LogP contribution in [0.3, 0.4) is 0 Å². The third kappa shape index (κ3) is 2.80. The molecule has 0 aromatic carbocycles. The van der Waals surface area contributed by atoms with Gasteiger partial charge in [-0.2, -0.15) is 4.98 Å². The van der Waals surface area contributed by atoms with Gasteiger partial charge in [0.15, 0.2) is 0 Å². The molecule has 6 nitrogen and oxygen atoms in total. The van der Waals surface area contributed by atoms with Gasteiger partial charge in [-0.25, -0.2) is 9.59 Å². The predicted octanol–water partition coefficient (Wildman–Crippen LogP) is 0.341. The zero-order valence-corrected chi connectivity index (χ0v) is 11.1. The molecule has 0 saturated heterocycles. The Bertz CT molecular complexity index is 524. The third-order valence-corrected chi connectivity index (χ3v) is 3.64. The number of anilines is 1. The van der Waals surface area contributed by atoms with Crippen molar-refractivity contribution in [2.24, 2.45) is 18.9 Å². The second-order valence-electron chi connectivity index (χ2n) is 5.29. The molecule has 1 aromatic heterocycles. The molecule has 0 aliphatic heterocycles. The van der Waals surface area contributed by atoms with Gasteiger partial charge in [0.1, 0.15) is 0 Å². The Labute approximate surface area is 106 Å². The fourth-order valence-electron chi connectivity index (χ4n) is 2.52. The average Bonchev–Trinajstić information content (AvgIpc) is 2.91. The third-order valence-electron chi connectivity index (χ3n) is 3.64. The molecule has 0 spiro atoms. The molecule has 2 aliphatic rings. The van der Waals surface area contributed by atoms with Crippen LogP contribution in [0.4, 0.5) is 5.95 Å². The van der Waals surface area contributed by atoms with Crippen molar-refractivity contribution in [3.8, 4) is 0 Å². The molecule has 2 fully saturated rings. The lowest BCUT2D eigenvalue weighted by atomic mass is 10.3. The summed E-state index contributed by atoms with van der Waals surface area (Å²) < 4.78 is 1.27. The zero-order valence-electron chi connectivity index (χ0n) is 11.1. The Morgan fingerprint density at radius 2 is 1.89 bits per heavy atom. The summed E-state index contributed by atoms with van der Waals surface area (Å²) in [6.07, 6.45) is 6.24. The standard InChI is InChI=1S/C6H10N4O2.C6H10/c1-9(2)5-7-4(11)8-6(12)10(5)3;1-2-5-4-6(5)3-1/h1-3H3,(H,8,11,12);5-6H,1-4H2. The summed E-state index contributed by atoms with van der Waals surface area (Å²) in [6, 6.07) is 0. The van der Waals surface area contributed by atoms with Crippen molar-refractivity contribution in [3.63, 3.8) is 0 Å². The molecular formula is C12H20N4O2. The van der Waals surface area contributed by atoms with Crippen LogP contribution in [0.15, 0.2) is 9.59 Å². The van der Waals surface area contributed by atoms with Crippen LogP contribution in [0.25, 0.3) is 0 Å². The van der Waals surface area contributed by atoms with Gasteiger partial charge in [0.2, 0.25) is 5.95 Å². The number of hydrogen-bond donors (Lipinski definition) is 1. The number of H-pyrrole nitrogens is 1. The van der Waals surface area contributed by atoms with Crippen LogP contribution in [0, 0.1) is 11.8 Å². The Morgan fingerprint density at radius 3 is 2.28 bits per heavy atom. The first-order valence-electron chi connectivity index (χ1n) is 6.33. The molecule has 6 heteroatoms. The molecular weight excluding hydrogens is 232 g/mol. The molecule has 1 heterocycles. The normalized spacial score (nSPS) is 23.9. The van der Waals surface area contributed by atoms with Gasteiger partial charge in [-0.3, -0.25) is 9.55 Å². The SMILES string of the molecule is C1CC2CC2C1.CN(C)c1nc(=O)[nH]c(=O)n1C. The highest BCUT2D eigenvalue weighted by Gasteiger charge is 2.40. The molecule has 2 atom stereocenters. The van der Waals surface area contributed by atoms with E-state index in [0.717, 1.165) is 0 Å². The minimum Gasteiger partial charge on any atom is -0.348 e. The molecule has 2 unspecified atom stereocenters. The summed E-state index contributed by atoms with van der Waals surface area (Å²) in [7, 11) is 4.96. The molecule has 0 amide bonds. The predicted molar refractivity (Wildman–Crippen MR) is 69.9 cm³/mol. The number of fused-ring (bicyclic) bond motifs is 1. The molecule has 100 valence electrons. The van der Waals surface area contributed by atoms with Gasteiger partial charge in [-0.05, 0) is 18.3 Å². The van der Waals surface area contributed by atoms with Crippen LogP contribution in [-0.2, 0) is 7.05 Å². The molecule has 0 radical (unpaired) electrons. The quantitative estimate of drug-likeness (QED) is 0.782. The first kappa shape index (κ1) is 12.9. The van der Waals surface area contributed by atoms with Crippen molar-refractivity contribution in [1.82, 2.24) is 14.5 Å². The molecule has 1 aromatic rings. The summed E-state index contributed by atoms with van der Waals surface area (Å²) in [5.74, 6) is 2.76. The number of rotatable bonds is 1. The van der Waals surface area contributed by atoms with E-state index in [4.69, 9.17) is 0 Å². The van der Waals surface area contributed by atoms with Crippen LogP contribution in [0.1, 0.15) is 25.7 Å². The Morgan fingerprint density at radius 1 is 1.28 bits per heavy atom. The highest BCUT2D eigenvalue weighted by molar-refractivity contribution is 5.25. The summed E-state index contributed by atoms with van der Waals surface area (Å²) in [6.45, 7) is 0. The summed E-state index contributed by atoms with van der Waals surface area (Å²) in [5, 5.41) is 0. The molecule has 1 N–H and O–H groups in total. The lowest BCUT2D eigenvalue weighted by Gasteiger charge is -2.12. The van der Waals surface area contributed by atoms with Crippen LogP contribution in [0.2, 0.25) is 0 Å². The topological polar surface area (TPSA) is 71.0 Å². The summed E-state index contributed by atoms with van der Waals surface area (Å²) in [4.78, 5) is 29.0. The summed E-state index contributed by atoms with van der Waals surface area (Å²) in [5.41, 5.74) is -1.08. The highest BCUT2D eigenvalue weighted by atomic mass is 16.2.